The molecule has 0 fully saturated rings. The summed E-state index contributed by atoms with van der Waals surface area (Å²) in [7, 11) is 0. The molecule has 0 amide bonds. The van der Waals surface area contributed by atoms with Crippen molar-refractivity contribution in [2.24, 2.45) is 0 Å². The van der Waals surface area contributed by atoms with Crippen LogP contribution in [0.2, 0.25) is 0 Å². The fourth-order valence-electron chi connectivity index (χ4n) is 0.979. The maximum Gasteiger partial charge on any atom is 0.252 e. The van der Waals surface area contributed by atoms with Gasteiger partial charge >= 0.3 is 0 Å². The highest BCUT2D eigenvalue weighted by atomic mass is 15.3. The molecule has 98 valence electrons. The maximum absolute atomic E-state index is 4.12. The lowest BCUT2D eigenvalue weighted by atomic mass is 10.4. The number of aryl methyl sites for hydroxylation is 2. The molecule has 2 aromatic heterocycles. The highest BCUT2D eigenvalue weighted by molar-refractivity contribution is 5.26. The maximum atomic E-state index is 4.12. The highest BCUT2D eigenvalue weighted by Crippen LogP contribution is 1.98. The van der Waals surface area contributed by atoms with Crippen LogP contribution >= 0.6 is 0 Å². The van der Waals surface area contributed by atoms with Crippen molar-refractivity contribution in [1.29, 1.82) is 0 Å². The number of fused-ring (bicyclic) bond motifs is 1. The fraction of sp³-hybridized carbons (Fsp3) is 0.615. The largest absolute Gasteiger partial charge is 0.252 e. The van der Waals surface area contributed by atoms with Gasteiger partial charge in [0.25, 0.3) is 5.78 Å². The Hall–Kier alpha value is -1.45. The van der Waals surface area contributed by atoms with E-state index in [0.717, 1.165) is 11.4 Å². The standard InChI is InChI=1S/C7H8N4.3C2H6/c1-5-3-8-7-9-6(2)10-11(7)4-5;3*1-2/h3-4H,1-2H3;3*1-2H3. The van der Waals surface area contributed by atoms with Crippen LogP contribution in [-0.2, 0) is 0 Å². The normalized spacial score (nSPS) is 8.00. The zero-order valence-corrected chi connectivity index (χ0v) is 12.4. The van der Waals surface area contributed by atoms with Crippen LogP contribution in [0.3, 0.4) is 0 Å². The molecule has 2 heterocycles. The summed E-state index contributed by atoms with van der Waals surface area (Å²) in [5.41, 5.74) is 1.09. The molecule has 0 bridgehead atoms. The molecule has 17 heavy (non-hydrogen) atoms. The van der Waals surface area contributed by atoms with Crippen molar-refractivity contribution in [3.63, 3.8) is 0 Å². The van der Waals surface area contributed by atoms with Crippen LogP contribution in [0, 0.1) is 13.8 Å². The number of aromatic nitrogens is 4. The Kier molecular flexibility index (Phi) is 11.7. The minimum absolute atomic E-state index is 0.660. The van der Waals surface area contributed by atoms with E-state index in [4.69, 9.17) is 0 Å². The van der Waals surface area contributed by atoms with E-state index in [9.17, 15) is 0 Å². The molecule has 0 radical (unpaired) electrons. The lowest BCUT2D eigenvalue weighted by Crippen LogP contribution is -1.90. The molecule has 0 saturated heterocycles. The van der Waals surface area contributed by atoms with Gasteiger partial charge in [-0.3, -0.25) is 0 Å². The second-order valence-electron chi connectivity index (χ2n) is 2.53. The fourth-order valence-corrected chi connectivity index (χ4v) is 0.979. The Morgan fingerprint density at radius 3 is 2.00 bits per heavy atom. The highest BCUT2D eigenvalue weighted by Gasteiger charge is 1.98. The van der Waals surface area contributed by atoms with Crippen molar-refractivity contribution in [3.8, 4) is 0 Å². The first kappa shape index (κ1) is 17.9. The molecule has 0 spiro atoms. The average molecular weight is 238 g/mol. The summed E-state index contributed by atoms with van der Waals surface area (Å²) in [6.07, 6.45) is 3.69. The Morgan fingerprint density at radius 1 is 0.941 bits per heavy atom. The predicted molar refractivity (Wildman–Crippen MR) is 74.3 cm³/mol. The number of hydrogen-bond donors (Lipinski definition) is 0. The predicted octanol–water partition coefficient (Wildman–Crippen LogP) is 3.82. The van der Waals surface area contributed by atoms with Gasteiger partial charge in [-0.2, -0.15) is 10.1 Å². The number of hydrogen-bond acceptors (Lipinski definition) is 3. The van der Waals surface area contributed by atoms with Gasteiger partial charge < -0.3 is 0 Å². The van der Waals surface area contributed by atoms with Crippen molar-refractivity contribution in [3.05, 3.63) is 23.8 Å². The van der Waals surface area contributed by atoms with Crippen LogP contribution in [-0.4, -0.2) is 19.6 Å². The van der Waals surface area contributed by atoms with Crippen LogP contribution in [0.25, 0.3) is 5.78 Å². The SMILES string of the molecule is CC.CC.CC.Cc1cnc2nc(C)nn2c1. The van der Waals surface area contributed by atoms with Crippen molar-refractivity contribution >= 4 is 5.78 Å². The first-order chi connectivity index (χ1) is 8.25. The molecule has 0 aliphatic carbocycles. The average Bonchev–Trinajstić information content (AvgIpc) is 2.76. The van der Waals surface area contributed by atoms with Crippen molar-refractivity contribution in [1.82, 2.24) is 19.6 Å². The second-order valence-corrected chi connectivity index (χ2v) is 2.53. The quantitative estimate of drug-likeness (QED) is 0.700. The Bertz CT molecular complexity index is 393. The monoisotopic (exact) mass is 238 g/mol. The minimum atomic E-state index is 0.660. The van der Waals surface area contributed by atoms with E-state index in [1.54, 1.807) is 10.7 Å². The molecule has 0 aliphatic heterocycles. The van der Waals surface area contributed by atoms with Gasteiger partial charge in [0.1, 0.15) is 5.82 Å². The van der Waals surface area contributed by atoms with Gasteiger partial charge in [0, 0.05) is 12.4 Å². The summed E-state index contributed by atoms with van der Waals surface area (Å²) < 4.78 is 1.69. The molecule has 0 aliphatic rings. The van der Waals surface area contributed by atoms with E-state index >= 15 is 0 Å². The van der Waals surface area contributed by atoms with Gasteiger partial charge in [-0.25, -0.2) is 9.50 Å². The number of rotatable bonds is 0. The smallest absolute Gasteiger partial charge is 0.219 e. The third kappa shape index (κ3) is 6.00. The summed E-state index contributed by atoms with van der Waals surface area (Å²) in [5, 5.41) is 4.12. The van der Waals surface area contributed by atoms with Gasteiger partial charge in [0.2, 0.25) is 0 Å². The first-order valence-electron chi connectivity index (χ1n) is 6.41. The van der Waals surface area contributed by atoms with Crippen molar-refractivity contribution in [2.45, 2.75) is 55.4 Å². The Balaban J connectivity index is 0. The topological polar surface area (TPSA) is 43.1 Å². The summed E-state index contributed by atoms with van der Waals surface area (Å²) in [5.74, 6) is 1.41. The zero-order chi connectivity index (χ0) is 13.8. The molecule has 2 rings (SSSR count). The molecule has 0 saturated carbocycles. The van der Waals surface area contributed by atoms with E-state index < -0.39 is 0 Å². The third-order valence-electron chi connectivity index (χ3n) is 1.43. The Labute approximate surface area is 105 Å². The zero-order valence-electron chi connectivity index (χ0n) is 12.4. The first-order valence-corrected chi connectivity index (χ1v) is 6.41. The molecule has 0 atom stereocenters. The molecule has 4 heteroatoms. The van der Waals surface area contributed by atoms with Gasteiger partial charge in [-0.15, -0.1) is 0 Å². The van der Waals surface area contributed by atoms with Crippen molar-refractivity contribution in [2.75, 3.05) is 0 Å². The van der Waals surface area contributed by atoms with Gasteiger partial charge in [0.15, 0.2) is 0 Å². The summed E-state index contributed by atoms with van der Waals surface area (Å²) in [6.45, 7) is 15.8. The Morgan fingerprint density at radius 2 is 1.47 bits per heavy atom. The van der Waals surface area contributed by atoms with Gasteiger partial charge in [-0.05, 0) is 19.4 Å². The molecule has 0 aromatic carbocycles. The van der Waals surface area contributed by atoms with E-state index in [2.05, 4.69) is 15.1 Å². The van der Waals surface area contributed by atoms with Crippen LogP contribution in [0.15, 0.2) is 12.4 Å². The summed E-state index contributed by atoms with van der Waals surface area (Å²) >= 11 is 0. The van der Waals surface area contributed by atoms with Gasteiger partial charge in [-0.1, -0.05) is 41.5 Å². The van der Waals surface area contributed by atoms with E-state index in [0.29, 0.717) is 5.78 Å². The minimum Gasteiger partial charge on any atom is -0.219 e. The summed E-state index contributed by atoms with van der Waals surface area (Å²) in [6, 6.07) is 0. The van der Waals surface area contributed by atoms with Crippen LogP contribution in [0.5, 0.6) is 0 Å². The lowest BCUT2D eigenvalue weighted by molar-refractivity contribution is 0.907. The second kappa shape index (κ2) is 11.0. The molecular weight excluding hydrogens is 212 g/mol. The summed E-state index contributed by atoms with van der Waals surface area (Å²) in [4.78, 5) is 8.19. The molecule has 0 N–H and O–H groups in total. The third-order valence-corrected chi connectivity index (χ3v) is 1.43. The van der Waals surface area contributed by atoms with Crippen LogP contribution < -0.4 is 0 Å². The lowest BCUT2D eigenvalue weighted by Gasteiger charge is -1.90. The van der Waals surface area contributed by atoms with Gasteiger partial charge in [0.05, 0.1) is 0 Å². The molecule has 2 aromatic rings. The van der Waals surface area contributed by atoms with Crippen LogP contribution in [0.4, 0.5) is 0 Å². The molecule has 0 unspecified atom stereocenters. The van der Waals surface area contributed by atoms with Crippen LogP contribution in [0.1, 0.15) is 52.9 Å². The number of nitrogens with zero attached hydrogens (tertiary/aromatic N) is 4. The molecular formula is C13H26N4. The van der Waals surface area contributed by atoms with Crippen molar-refractivity contribution < 1.29 is 0 Å². The van der Waals surface area contributed by atoms with E-state index in [-0.39, 0.29) is 0 Å². The van der Waals surface area contributed by atoms with E-state index in [1.165, 1.54) is 0 Å². The molecule has 4 nitrogen and oxygen atoms in total. The van der Waals surface area contributed by atoms with E-state index in [1.807, 2.05) is 61.6 Å².